The van der Waals surface area contributed by atoms with Crippen LogP contribution in [0.1, 0.15) is 43.2 Å². The molecule has 2 fully saturated rings. The fraction of sp³-hybridized carbons (Fsp3) is 0.417. The van der Waals surface area contributed by atoms with Crippen molar-refractivity contribution in [2.75, 3.05) is 11.5 Å². The first-order valence-corrected chi connectivity index (χ1v) is 11.3. The summed E-state index contributed by atoms with van der Waals surface area (Å²) in [6.45, 7) is 5.29. The Labute approximate surface area is 184 Å². The molecule has 0 amide bonds. The molecule has 7 rings (SSSR count). The third-order valence-corrected chi connectivity index (χ3v) is 7.27. The van der Waals surface area contributed by atoms with Crippen molar-refractivity contribution in [2.45, 2.75) is 56.3 Å². The van der Waals surface area contributed by atoms with Gasteiger partial charge in [-0.25, -0.2) is 13.9 Å². The van der Waals surface area contributed by atoms with E-state index in [4.69, 9.17) is 14.5 Å². The molecule has 2 saturated carbocycles. The minimum absolute atomic E-state index is 0.0942. The van der Waals surface area contributed by atoms with E-state index < -0.39 is 0 Å². The molecular weight excluding hydrogens is 409 g/mol. The number of nitrogens with zero attached hydrogens (tertiary/aromatic N) is 4. The monoisotopic (exact) mass is 433 g/mol. The minimum Gasteiger partial charge on any atom is -0.491 e. The Morgan fingerprint density at radius 3 is 3.00 bits per heavy atom. The Kier molecular flexibility index (Phi) is 3.64. The van der Waals surface area contributed by atoms with Crippen molar-refractivity contribution < 1.29 is 13.9 Å². The zero-order chi connectivity index (χ0) is 21.4. The van der Waals surface area contributed by atoms with Crippen LogP contribution in [0, 0.1) is 5.82 Å². The second-order valence-corrected chi connectivity index (χ2v) is 9.46. The number of anilines is 1. The molecule has 4 aliphatic rings. The lowest BCUT2D eigenvalue weighted by Gasteiger charge is -2.39. The number of aromatic nitrogens is 3. The first-order valence-electron chi connectivity index (χ1n) is 11.3. The number of rotatable bonds is 0. The second-order valence-electron chi connectivity index (χ2n) is 9.46. The van der Waals surface area contributed by atoms with Gasteiger partial charge in [-0.1, -0.05) is 6.58 Å². The molecule has 164 valence electrons. The summed E-state index contributed by atoms with van der Waals surface area (Å²) in [4.78, 5) is 7.30. The summed E-state index contributed by atoms with van der Waals surface area (Å²) in [6, 6.07) is 4.99. The van der Waals surface area contributed by atoms with E-state index in [9.17, 15) is 4.39 Å². The number of halogens is 1. The predicted octanol–water partition coefficient (Wildman–Crippen LogP) is 3.67. The van der Waals surface area contributed by atoms with Gasteiger partial charge in [0.1, 0.15) is 24.3 Å². The second kappa shape index (κ2) is 6.37. The van der Waals surface area contributed by atoms with Crippen molar-refractivity contribution in [1.82, 2.24) is 19.9 Å². The van der Waals surface area contributed by atoms with Crippen LogP contribution in [0.2, 0.25) is 0 Å². The summed E-state index contributed by atoms with van der Waals surface area (Å²) in [5.41, 5.74) is 3.06. The average molecular weight is 433 g/mol. The van der Waals surface area contributed by atoms with Crippen LogP contribution in [-0.4, -0.2) is 38.9 Å². The van der Waals surface area contributed by atoms with Gasteiger partial charge in [-0.05, 0) is 50.3 Å². The van der Waals surface area contributed by atoms with Crippen LogP contribution in [0.25, 0.3) is 11.3 Å². The van der Waals surface area contributed by atoms with Crippen LogP contribution in [0.3, 0.4) is 0 Å². The van der Waals surface area contributed by atoms with Crippen LogP contribution >= 0.6 is 0 Å². The first kappa shape index (κ1) is 18.3. The average Bonchev–Trinajstić information content (AvgIpc) is 3.17. The summed E-state index contributed by atoms with van der Waals surface area (Å²) in [5.74, 6) is 1.94. The Balaban J connectivity index is 1.43. The normalized spacial score (nSPS) is 25.2. The van der Waals surface area contributed by atoms with Gasteiger partial charge >= 0.3 is 0 Å². The number of benzene rings is 1. The van der Waals surface area contributed by atoms with Gasteiger partial charge in [0.25, 0.3) is 0 Å². The zero-order valence-electron chi connectivity index (χ0n) is 17.7. The molecule has 2 atom stereocenters. The minimum atomic E-state index is -0.262. The molecule has 1 aromatic carbocycles. The first-order chi connectivity index (χ1) is 15.6. The van der Waals surface area contributed by atoms with Gasteiger partial charge in [0.2, 0.25) is 0 Å². The summed E-state index contributed by atoms with van der Waals surface area (Å²) in [5, 5.41) is 8.08. The van der Waals surface area contributed by atoms with E-state index in [-0.39, 0.29) is 23.5 Å². The van der Waals surface area contributed by atoms with Crippen LogP contribution in [0.15, 0.2) is 37.2 Å². The Hall–Kier alpha value is -3.29. The van der Waals surface area contributed by atoms with Gasteiger partial charge in [-0.15, -0.1) is 0 Å². The highest BCUT2D eigenvalue weighted by Gasteiger charge is 2.45. The van der Waals surface area contributed by atoms with Gasteiger partial charge in [-0.3, -0.25) is 0 Å². The summed E-state index contributed by atoms with van der Waals surface area (Å²) in [6.07, 6.45) is 8.91. The topological polar surface area (TPSA) is 63.9 Å². The number of fused-ring (bicyclic) bond motifs is 3. The highest BCUT2D eigenvalue weighted by Crippen LogP contribution is 2.44. The van der Waals surface area contributed by atoms with Crippen LogP contribution in [-0.2, 0) is 6.54 Å². The lowest BCUT2D eigenvalue weighted by Crippen LogP contribution is -2.46. The van der Waals surface area contributed by atoms with Crippen molar-refractivity contribution in [1.29, 1.82) is 0 Å². The number of nitrogens with one attached hydrogen (secondary N) is 1. The van der Waals surface area contributed by atoms with Crippen LogP contribution < -0.4 is 19.7 Å². The van der Waals surface area contributed by atoms with Crippen LogP contribution in [0.4, 0.5) is 10.2 Å². The lowest BCUT2D eigenvalue weighted by atomic mass is 10.1. The van der Waals surface area contributed by atoms with Gasteiger partial charge in [0.15, 0.2) is 17.2 Å². The predicted molar refractivity (Wildman–Crippen MR) is 117 cm³/mol. The molecule has 4 heterocycles. The molecule has 2 aliphatic carbocycles. The molecule has 2 bridgehead atoms. The Morgan fingerprint density at radius 1 is 1.22 bits per heavy atom. The maximum Gasteiger partial charge on any atom is 0.180 e. The SMILES string of the molecule is C=C1NC2(CC2)COc2ccc(F)cc2CN2c3nc4c1cnn4cc3O[C@H]1CCC[C@H]12. The molecule has 3 aromatic rings. The van der Waals surface area contributed by atoms with Gasteiger partial charge in [0.05, 0.1) is 29.5 Å². The highest BCUT2D eigenvalue weighted by atomic mass is 19.1. The molecule has 0 radical (unpaired) electrons. The largest absolute Gasteiger partial charge is 0.491 e. The van der Waals surface area contributed by atoms with Gasteiger partial charge < -0.3 is 19.7 Å². The summed E-state index contributed by atoms with van der Waals surface area (Å²) < 4.78 is 28.7. The fourth-order valence-electron chi connectivity index (χ4n) is 5.36. The molecule has 8 heteroatoms. The third kappa shape index (κ3) is 2.71. The van der Waals surface area contributed by atoms with E-state index in [0.29, 0.717) is 18.9 Å². The van der Waals surface area contributed by atoms with Gasteiger partial charge in [-0.2, -0.15) is 5.10 Å². The number of ether oxygens (including phenoxy) is 2. The van der Waals surface area contributed by atoms with Crippen molar-refractivity contribution in [3.8, 4) is 11.5 Å². The van der Waals surface area contributed by atoms with E-state index in [1.807, 2.05) is 6.20 Å². The van der Waals surface area contributed by atoms with Gasteiger partial charge in [0, 0.05) is 17.8 Å². The van der Waals surface area contributed by atoms with Crippen molar-refractivity contribution >= 4 is 17.2 Å². The lowest BCUT2D eigenvalue weighted by molar-refractivity contribution is 0.168. The van der Waals surface area contributed by atoms with E-state index >= 15 is 0 Å². The molecule has 32 heavy (non-hydrogen) atoms. The smallest absolute Gasteiger partial charge is 0.180 e. The van der Waals surface area contributed by atoms with E-state index in [1.54, 1.807) is 22.8 Å². The van der Waals surface area contributed by atoms with E-state index in [1.165, 1.54) is 6.07 Å². The number of hydrogen-bond donors (Lipinski definition) is 1. The molecule has 7 nitrogen and oxygen atoms in total. The summed E-state index contributed by atoms with van der Waals surface area (Å²) in [7, 11) is 0. The quantitative estimate of drug-likeness (QED) is 0.584. The molecule has 2 aliphatic heterocycles. The fourth-order valence-corrected chi connectivity index (χ4v) is 5.36. The summed E-state index contributed by atoms with van der Waals surface area (Å²) >= 11 is 0. The molecule has 2 aromatic heterocycles. The molecular formula is C24H24FN5O2. The van der Waals surface area contributed by atoms with E-state index in [0.717, 1.165) is 66.1 Å². The molecule has 1 N–H and O–H groups in total. The maximum atomic E-state index is 14.3. The molecule has 1 spiro atoms. The van der Waals surface area contributed by atoms with Crippen molar-refractivity contribution in [3.05, 3.63) is 54.1 Å². The maximum absolute atomic E-state index is 14.3. The molecule has 0 saturated heterocycles. The number of hydrogen-bond acceptors (Lipinski definition) is 6. The van der Waals surface area contributed by atoms with E-state index in [2.05, 4.69) is 21.9 Å². The highest BCUT2D eigenvalue weighted by molar-refractivity contribution is 5.76. The molecule has 0 unspecified atom stereocenters. The third-order valence-electron chi connectivity index (χ3n) is 7.27. The Morgan fingerprint density at radius 2 is 2.12 bits per heavy atom. The van der Waals surface area contributed by atoms with Crippen LogP contribution in [0.5, 0.6) is 11.5 Å². The Bertz CT molecular complexity index is 1270. The van der Waals surface area contributed by atoms with Crippen molar-refractivity contribution in [2.24, 2.45) is 0 Å². The van der Waals surface area contributed by atoms with Crippen molar-refractivity contribution in [3.63, 3.8) is 0 Å². The standard InChI is InChI=1S/C24H24FN5O2/c1-14-17-10-26-30-12-21-23(27-22(17)30)29(18-3-2-4-20(18)32-21)11-15-9-16(25)5-6-19(15)31-13-24(28-14)7-8-24/h5-6,9-10,12,18,20,28H,1-4,7-8,11,13H2/t18-,20+/m1/s1. The zero-order valence-corrected chi connectivity index (χ0v) is 17.7.